The Kier molecular flexibility index (Phi) is 3.74. The molecule has 5 aliphatic rings. The van der Waals surface area contributed by atoms with Crippen molar-refractivity contribution >= 4 is 0 Å². The lowest BCUT2D eigenvalue weighted by Crippen LogP contribution is -2.56. The molecule has 7 atom stereocenters. The molecule has 0 radical (unpaired) electrons. The Morgan fingerprint density at radius 1 is 1.15 bits per heavy atom. The minimum atomic E-state index is -1.62. The molecule has 148 valence electrons. The fourth-order valence-corrected chi connectivity index (χ4v) is 7.57. The topological polar surface area (TPSA) is 82.7 Å². The highest BCUT2D eigenvalue weighted by molar-refractivity contribution is 5.30. The lowest BCUT2D eigenvalue weighted by molar-refractivity contribution is -0.187. The van der Waals surface area contributed by atoms with Crippen molar-refractivity contribution in [3.05, 3.63) is 11.6 Å². The van der Waals surface area contributed by atoms with E-state index < -0.39 is 22.9 Å². The minimum Gasteiger partial charge on any atom is -0.389 e. The number of ether oxygens (including phenoxy) is 2. The van der Waals surface area contributed by atoms with Crippen molar-refractivity contribution in [1.29, 1.82) is 5.26 Å². The number of allylic oxidation sites excluding steroid dienone is 1. The maximum absolute atomic E-state index is 11.0. The van der Waals surface area contributed by atoms with E-state index in [1.54, 1.807) is 0 Å². The molecule has 0 amide bonds. The highest BCUT2D eigenvalue weighted by atomic mass is 16.7. The SMILES string of the molecule is C[C@]12CCC3(CC1=CC[C@@H]1[C@@H]2CC[C@]2(C)[C@H]1C[C@@H](O)[C@]2(O)C#N)OCCO3. The predicted octanol–water partition coefficient (Wildman–Crippen LogP) is 2.92. The van der Waals surface area contributed by atoms with Crippen molar-refractivity contribution in [2.75, 3.05) is 13.2 Å². The molecule has 1 saturated heterocycles. The maximum Gasteiger partial charge on any atom is 0.182 e. The molecule has 0 unspecified atom stereocenters. The van der Waals surface area contributed by atoms with E-state index in [0.29, 0.717) is 31.5 Å². The van der Waals surface area contributed by atoms with Gasteiger partial charge in [0.1, 0.15) is 6.07 Å². The molecular weight excluding hydrogens is 342 g/mol. The quantitative estimate of drug-likeness (QED) is 0.504. The van der Waals surface area contributed by atoms with E-state index in [2.05, 4.69) is 19.1 Å². The van der Waals surface area contributed by atoms with Gasteiger partial charge >= 0.3 is 0 Å². The summed E-state index contributed by atoms with van der Waals surface area (Å²) in [6.07, 6.45) is 7.67. The van der Waals surface area contributed by atoms with E-state index in [1.807, 2.05) is 6.92 Å². The van der Waals surface area contributed by atoms with Crippen LogP contribution in [0.4, 0.5) is 0 Å². The number of hydrogen-bond acceptors (Lipinski definition) is 5. The molecule has 5 nitrogen and oxygen atoms in total. The zero-order valence-corrected chi connectivity index (χ0v) is 16.4. The van der Waals surface area contributed by atoms with E-state index in [9.17, 15) is 15.5 Å². The summed E-state index contributed by atoms with van der Waals surface area (Å²) in [5, 5.41) is 31.2. The zero-order chi connectivity index (χ0) is 19.1. The minimum absolute atomic E-state index is 0.142. The molecule has 0 aromatic heterocycles. The standard InChI is InChI=1S/C22H31NO4/c1-19-7-8-21(26-9-10-27-21)12-14(19)3-4-15-16(19)5-6-20(2)17(15)11-18(24)22(20,25)13-23/h3,15-18,24-25H,4-12H2,1-2H3/t15-,16+,17+,18-,19+,20-,22-/m1/s1. The van der Waals surface area contributed by atoms with Crippen LogP contribution in [0.15, 0.2) is 11.6 Å². The average molecular weight is 373 g/mol. The van der Waals surface area contributed by atoms with Gasteiger partial charge in [0.15, 0.2) is 11.4 Å². The Balaban J connectivity index is 1.48. The molecular formula is C22H31NO4. The lowest BCUT2D eigenvalue weighted by atomic mass is 9.47. The van der Waals surface area contributed by atoms with Gasteiger partial charge in [-0.05, 0) is 55.3 Å². The Morgan fingerprint density at radius 2 is 1.89 bits per heavy atom. The number of rotatable bonds is 0. The normalized spacial score (nSPS) is 53.2. The molecule has 1 aliphatic heterocycles. The molecule has 2 N–H and O–H groups in total. The molecule has 4 fully saturated rings. The third kappa shape index (κ3) is 2.13. The van der Waals surface area contributed by atoms with Crippen molar-refractivity contribution < 1.29 is 19.7 Å². The summed E-state index contributed by atoms with van der Waals surface area (Å²) < 4.78 is 12.0. The summed E-state index contributed by atoms with van der Waals surface area (Å²) in [5.41, 5.74) is -0.509. The Hall–Kier alpha value is -0.930. The first-order valence-electron chi connectivity index (χ1n) is 10.6. The molecule has 1 heterocycles. The van der Waals surface area contributed by atoms with E-state index in [0.717, 1.165) is 38.5 Å². The van der Waals surface area contributed by atoms with Crippen LogP contribution in [-0.4, -0.2) is 40.9 Å². The number of aliphatic hydroxyl groups excluding tert-OH is 1. The Labute approximate surface area is 161 Å². The van der Waals surface area contributed by atoms with Gasteiger partial charge in [0.25, 0.3) is 0 Å². The van der Waals surface area contributed by atoms with E-state index in [-0.39, 0.29) is 11.3 Å². The summed E-state index contributed by atoms with van der Waals surface area (Å²) in [6.45, 7) is 5.83. The highest BCUT2D eigenvalue weighted by Gasteiger charge is 2.68. The van der Waals surface area contributed by atoms with Crippen molar-refractivity contribution in [3.63, 3.8) is 0 Å². The van der Waals surface area contributed by atoms with E-state index >= 15 is 0 Å². The number of aliphatic hydroxyl groups is 2. The molecule has 5 rings (SSSR count). The monoisotopic (exact) mass is 373 g/mol. The number of nitrogens with zero attached hydrogens (tertiary/aromatic N) is 1. The first kappa shape index (κ1) is 18.1. The molecule has 1 spiro atoms. The van der Waals surface area contributed by atoms with Crippen LogP contribution in [0, 0.1) is 39.9 Å². The van der Waals surface area contributed by atoms with Crippen LogP contribution in [-0.2, 0) is 9.47 Å². The van der Waals surface area contributed by atoms with Crippen molar-refractivity contribution in [3.8, 4) is 6.07 Å². The third-order valence-electron chi connectivity index (χ3n) is 9.31. The van der Waals surface area contributed by atoms with Crippen molar-refractivity contribution in [2.24, 2.45) is 28.6 Å². The number of nitriles is 1. The van der Waals surface area contributed by atoms with Crippen molar-refractivity contribution in [2.45, 2.75) is 76.3 Å². The highest BCUT2D eigenvalue weighted by Crippen LogP contribution is 2.67. The van der Waals surface area contributed by atoms with Gasteiger partial charge in [-0.15, -0.1) is 0 Å². The predicted molar refractivity (Wildman–Crippen MR) is 98.3 cm³/mol. The Morgan fingerprint density at radius 3 is 2.59 bits per heavy atom. The molecule has 0 bridgehead atoms. The van der Waals surface area contributed by atoms with Crippen LogP contribution in [0.2, 0.25) is 0 Å². The van der Waals surface area contributed by atoms with Gasteiger partial charge in [0.2, 0.25) is 0 Å². The van der Waals surface area contributed by atoms with Crippen molar-refractivity contribution in [1.82, 2.24) is 0 Å². The van der Waals surface area contributed by atoms with E-state index in [1.165, 1.54) is 5.57 Å². The largest absolute Gasteiger partial charge is 0.389 e. The lowest BCUT2D eigenvalue weighted by Gasteiger charge is -2.59. The first-order valence-corrected chi connectivity index (χ1v) is 10.6. The van der Waals surface area contributed by atoms with Gasteiger partial charge in [-0.3, -0.25) is 0 Å². The fraction of sp³-hybridized carbons (Fsp3) is 0.864. The van der Waals surface area contributed by atoms with Crippen LogP contribution in [0.3, 0.4) is 0 Å². The van der Waals surface area contributed by atoms with Crippen LogP contribution >= 0.6 is 0 Å². The number of hydrogen-bond donors (Lipinski definition) is 2. The van der Waals surface area contributed by atoms with Gasteiger partial charge < -0.3 is 19.7 Å². The van der Waals surface area contributed by atoms with Gasteiger partial charge in [0, 0.05) is 18.3 Å². The fourth-order valence-electron chi connectivity index (χ4n) is 7.57. The van der Waals surface area contributed by atoms with Crippen LogP contribution in [0.25, 0.3) is 0 Å². The van der Waals surface area contributed by atoms with Gasteiger partial charge in [-0.2, -0.15) is 5.26 Å². The van der Waals surface area contributed by atoms with E-state index in [4.69, 9.17) is 9.47 Å². The molecule has 27 heavy (non-hydrogen) atoms. The van der Waals surface area contributed by atoms with Gasteiger partial charge in [-0.25, -0.2) is 0 Å². The molecule has 4 aliphatic carbocycles. The second-order valence-electron chi connectivity index (χ2n) is 10.1. The smallest absolute Gasteiger partial charge is 0.182 e. The van der Waals surface area contributed by atoms with Crippen LogP contribution < -0.4 is 0 Å². The summed E-state index contributed by atoms with van der Waals surface area (Å²) in [5.74, 6) is 0.767. The zero-order valence-electron chi connectivity index (χ0n) is 16.4. The second kappa shape index (κ2) is 5.57. The number of fused-ring (bicyclic) bond motifs is 5. The molecule has 0 aromatic rings. The first-order chi connectivity index (χ1) is 12.8. The Bertz CT molecular complexity index is 722. The molecule has 3 saturated carbocycles. The summed E-state index contributed by atoms with van der Waals surface area (Å²) >= 11 is 0. The van der Waals surface area contributed by atoms with Gasteiger partial charge in [0.05, 0.1) is 19.3 Å². The summed E-state index contributed by atoms with van der Waals surface area (Å²) in [7, 11) is 0. The molecule has 5 heteroatoms. The average Bonchev–Trinajstić information content (AvgIpc) is 3.19. The maximum atomic E-state index is 11.0. The summed E-state index contributed by atoms with van der Waals surface area (Å²) in [6, 6.07) is 2.08. The van der Waals surface area contributed by atoms with Gasteiger partial charge in [-0.1, -0.05) is 25.5 Å². The third-order valence-corrected chi connectivity index (χ3v) is 9.31. The summed E-state index contributed by atoms with van der Waals surface area (Å²) in [4.78, 5) is 0. The van der Waals surface area contributed by atoms with Crippen LogP contribution in [0.5, 0.6) is 0 Å². The van der Waals surface area contributed by atoms with Crippen LogP contribution in [0.1, 0.15) is 58.8 Å². The molecule has 0 aromatic carbocycles. The second-order valence-corrected chi connectivity index (χ2v) is 10.1.